The fourth-order valence-corrected chi connectivity index (χ4v) is 2.19. The summed E-state index contributed by atoms with van der Waals surface area (Å²) >= 11 is 0. The van der Waals surface area contributed by atoms with E-state index in [0.717, 1.165) is 11.3 Å². The van der Waals surface area contributed by atoms with Gasteiger partial charge in [0.2, 0.25) is 5.91 Å². The molecule has 2 aromatic heterocycles. The van der Waals surface area contributed by atoms with Crippen LogP contribution in [0, 0.1) is 12.8 Å². The maximum absolute atomic E-state index is 12.0. The van der Waals surface area contributed by atoms with Crippen LogP contribution in [-0.4, -0.2) is 32.4 Å². The Hall–Kier alpha value is -2.37. The van der Waals surface area contributed by atoms with Gasteiger partial charge in [-0.3, -0.25) is 4.79 Å². The number of carbonyl (C=O) groups excluding carboxylic acids is 1. The van der Waals surface area contributed by atoms with Crippen LogP contribution in [0.25, 0.3) is 5.65 Å². The zero-order valence-corrected chi connectivity index (χ0v) is 12.3. The molecular weight excluding hydrogens is 270 g/mol. The molecule has 0 spiro atoms. The first-order valence-electron chi connectivity index (χ1n) is 6.84. The Morgan fingerprint density at radius 1 is 1.38 bits per heavy atom. The fourth-order valence-electron chi connectivity index (χ4n) is 2.19. The molecule has 0 fully saturated rings. The van der Waals surface area contributed by atoms with E-state index in [0.29, 0.717) is 5.69 Å². The Balaban J connectivity index is 2.11. The molecule has 0 bridgehead atoms. The summed E-state index contributed by atoms with van der Waals surface area (Å²) in [6.45, 7) is 5.47. The van der Waals surface area contributed by atoms with Crippen molar-refractivity contribution in [2.24, 2.45) is 5.92 Å². The molecule has 1 unspecified atom stereocenters. The van der Waals surface area contributed by atoms with Crippen molar-refractivity contribution in [3.63, 3.8) is 0 Å². The third kappa shape index (κ3) is 3.39. The Kier molecular flexibility index (Phi) is 4.26. The van der Waals surface area contributed by atoms with Crippen LogP contribution in [0.15, 0.2) is 24.4 Å². The molecule has 2 heterocycles. The van der Waals surface area contributed by atoms with Crippen LogP contribution >= 0.6 is 0 Å². The SMILES string of the molecule is Cc1cccc2nc(CC(=O)NC(C(=O)O)C(C)C)cn12. The second kappa shape index (κ2) is 5.95. The maximum Gasteiger partial charge on any atom is 0.326 e. The highest BCUT2D eigenvalue weighted by Crippen LogP contribution is 2.09. The van der Waals surface area contributed by atoms with Gasteiger partial charge in [0, 0.05) is 11.9 Å². The normalized spacial score (nSPS) is 12.6. The number of fused-ring (bicyclic) bond motifs is 1. The molecule has 112 valence electrons. The van der Waals surface area contributed by atoms with Crippen molar-refractivity contribution < 1.29 is 14.7 Å². The second-order valence-corrected chi connectivity index (χ2v) is 5.43. The summed E-state index contributed by atoms with van der Waals surface area (Å²) in [6, 6.07) is 4.84. The van der Waals surface area contributed by atoms with Gasteiger partial charge in [0.15, 0.2) is 0 Å². The number of nitrogens with zero attached hydrogens (tertiary/aromatic N) is 2. The van der Waals surface area contributed by atoms with Gasteiger partial charge in [-0.15, -0.1) is 0 Å². The number of carboxylic acid groups (broad SMARTS) is 1. The van der Waals surface area contributed by atoms with Crippen molar-refractivity contribution in [2.75, 3.05) is 0 Å². The molecule has 2 N–H and O–H groups in total. The summed E-state index contributed by atoms with van der Waals surface area (Å²) < 4.78 is 1.90. The summed E-state index contributed by atoms with van der Waals surface area (Å²) in [5.41, 5.74) is 2.42. The predicted molar refractivity (Wildman–Crippen MR) is 78.0 cm³/mol. The van der Waals surface area contributed by atoms with Gasteiger partial charge < -0.3 is 14.8 Å². The molecule has 21 heavy (non-hydrogen) atoms. The molecule has 0 aliphatic carbocycles. The highest BCUT2D eigenvalue weighted by Gasteiger charge is 2.23. The zero-order chi connectivity index (χ0) is 15.6. The Morgan fingerprint density at radius 3 is 2.67 bits per heavy atom. The van der Waals surface area contributed by atoms with Crippen molar-refractivity contribution >= 4 is 17.5 Å². The number of hydrogen-bond donors (Lipinski definition) is 2. The molecule has 0 saturated heterocycles. The first kappa shape index (κ1) is 15.0. The molecule has 2 rings (SSSR count). The predicted octanol–water partition coefficient (Wildman–Crippen LogP) is 1.41. The average molecular weight is 289 g/mol. The zero-order valence-electron chi connectivity index (χ0n) is 12.3. The molecule has 1 atom stereocenters. The van der Waals surface area contributed by atoms with Gasteiger partial charge in [-0.25, -0.2) is 9.78 Å². The van der Waals surface area contributed by atoms with E-state index >= 15 is 0 Å². The minimum Gasteiger partial charge on any atom is -0.480 e. The molecule has 0 aliphatic rings. The Morgan fingerprint density at radius 2 is 2.10 bits per heavy atom. The number of aryl methyl sites for hydroxylation is 1. The van der Waals surface area contributed by atoms with Gasteiger partial charge in [0.05, 0.1) is 12.1 Å². The van der Waals surface area contributed by atoms with E-state index in [1.54, 1.807) is 20.0 Å². The molecule has 1 amide bonds. The number of amides is 1. The highest BCUT2D eigenvalue weighted by atomic mass is 16.4. The smallest absolute Gasteiger partial charge is 0.326 e. The maximum atomic E-state index is 12.0. The number of hydrogen-bond acceptors (Lipinski definition) is 3. The van der Waals surface area contributed by atoms with Gasteiger partial charge in [-0.2, -0.15) is 0 Å². The number of aliphatic carboxylic acids is 1. The van der Waals surface area contributed by atoms with Crippen molar-refractivity contribution in [3.8, 4) is 0 Å². The van der Waals surface area contributed by atoms with Crippen LogP contribution < -0.4 is 5.32 Å². The average Bonchev–Trinajstić information content (AvgIpc) is 2.79. The lowest BCUT2D eigenvalue weighted by Crippen LogP contribution is -2.44. The van der Waals surface area contributed by atoms with Crippen molar-refractivity contribution in [3.05, 3.63) is 35.8 Å². The number of carbonyl (C=O) groups is 2. The van der Waals surface area contributed by atoms with Crippen LogP contribution in [0.5, 0.6) is 0 Å². The topological polar surface area (TPSA) is 83.7 Å². The molecule has 6 nitrogen and oxygen atoms in total. The Labute approximate surface area is 122 Å². The highest BCUT2D eigenvalue weighted by molar-refractivity contribution is 5.84. The lowest BCUT2D eigenvalue weighted by Gasteiger charge is -2.17. The molecule has 2 aromatic rings. The third-order valence-corrected chi connectivity index (χ3v) is 3.34. The van der Waals surface area contributed by atoms with Gasteiger partial charge in [-0.1, -0.05) is 19.9 Å². The van der Waals surface area contributed by atoms with Crippen LogP contribution in [0.4, 0.5) is 0 Å². The van der Waals surface area contributed by atoms with Gasteiger partial charge in [0.1, 0.15) is 11.7 Å². The van der Waals surface area contributed by atoms with Gasteiger partial charge >= 0.3 is 5.97 Å². The summed E-state index contributed by atoms with van der Waals surface area (Å²) in [4.78, 5) is 27.4. The number of carboxylic acids is 1. The summed E-state index contributed by atoms with van der Waals surface area (Å²) in [5, 5.41) is 11.6. The van der Waals surface area contributed by atoms with E-state index in [2.05, 4.69) is 10.3 Å². The lowest BCUT2D eigenvalue weighted by atomic mass is 10.0. The van der Waals surface area contributed by atoms with Crippen LogP contribution in [0.3, 0.4) is 0 Å². The van der Waals surface area contributed by atoms with E-state index in [4.69, 9.17) is 5.11 Å². The summed E-state index contributed by atoms with van der Waals surface area (Å²) in [6.07, 6.45) is 1.87. The summed E-state index contributed by atoms with van der Waals surface area (Å²) in [7, 11) is 0. The minimum atomic E-state index is -1.02. The number of rotatable bonds is 5. The van der Waals surface area contributed by atoms with Crippen LogP contribution in [0.2, 0.25) is 0 Å². The molecule has 0 radical (unpaired) electrons. The number of nitrogens with one attached hydrogen (secondary N) is 1. The molecular formula is C15H19N3O3. The largest absolute Gasteiger partial charge is 0.480 e. The van der Waals surface area contributed by atoms with E-state index < -0.39 is 12.0 Å². The van der Waals surface area contributed by atoms with Gasteiger partial charge in [0.25, 0.3) is 0 Å². The summed E-state index contributed by atoms with van der Waals surface area (Å²) in [5.74, 6) is -1.53. The quantitative estimate of drug-likeness (QED) is 0.871. The Bertz CT molecular complexity index is 676. The van der Waals surface area contributed by atoms with Crippen molar-refractivity contribution in [1.82, 2.24) is 14.7 Å². The van der Waals surface area contributed by atoms with Gasteiger partial charge in [-0.05, 0) is 25.0 Å². The molecule has 0 aliphatic heterocycles. The van der Waals surface area contributed by atoms with E-state index in [9.17, 15) is 9.59 Å². The first-order chi connectivity index (χ1) is 9.88. The molecule has 6 heteroatoms. The number of aromatic nitrogens is 2. The van der Waals surface area contributed by atoms with Crippen molar-refractivity contribution in [1.29, 1.82) is 0 Å². The minimum absolute atomic E-state index is 0.0671. The fraction of sp³-hybridized carbons (Fsp3) is 0.400. The first-order valence-corrected chi connectivity index (χ1v) is 6.84. The van der Waals surface area contributed by atoms with E-state index in [1.165, 1.54) is 0 Å². The molecule has 0 saturated carbocycles. The van der Waals surface area contributed by atoms with Crippen molar-refractivity contribution in [2.45, 2.75) is 33.2 Å². The lowest BCUT2D eigenvalue weighted by molar-refractivity contribution is -0.143. The number of pyridine rings is 1. The monoisotopic (exact) mass is 289 g/mol. The van der Waals surface area contributed by atoms with E-state index in [1.807, 2.05) is 29.5 Å². The van der Waals surface area contributed by atoms with Crippen LogP contribution in [0.1, 0.15) is 25.2 Å². The van der Waals surface area contributed by atoms with Crippen LogP contribution in [-0.2, 0) is 16.0 Å². The molecule has 0 aromatic carbocycles. The standard InChI is InChI=1S/C15H19N3O3/c1-9(2)14(15(20)21)17-13(19)7-11-8-18-10(3)5-4-6-12(18)16-11/h4-6,8-9,14H,7H2,1-3H3,(H,17,19)(H,20,21). The van der Waals surface area contributed by atoms with E-state index in [-0.39, 0.29) is 18.2 Å². The number of imidazole rings is 1. The third-order valence-electron chi connectivity index (χ3n) is 3.34. The second-order valence-electron chi connectivity index (χ2n) is 5.43.